The third-order valence-corrected chi connectivity index (χ3v) is 4.37. The molecule has 4 heteroatoms. The first-order valence-corrected chi connectivity index (χ1v) is 8.92. The second-order valence-electron chi connectivity index (χ2n) is 6.37. The molecular formula is C21H29N2O2+. The maximum Gasteiger partial charge on any atom is 0.279 e. The Kier molecular flexibility index (Phi) is 7.02. The first kappa shape index (κ1) is 19.0. The zero-order valence-corrected chi connectivity index (χ0v) is 15.7. The number of rotatable bonds is 8. The van der Waals surface area contributed by atoms with Crippen molar-refractivity contribution in [3.8, 4) is 5.75 Å². The van der Waals surface area contributed by atoms with Crippen LogP contribution < -0.4 is 15.0 Å². The number of nitrogens with one attached hydrogen (secondary N) is 2. The van der Waals surface area contributed by atoms with Crippen molar-refractivity contribution in [2.45, 2.75) is 33.2 Å². The van der Waals surface area contributed by atoms with Crippen LogP contribution in [0.2, 0.25) is 0 Å². The number of aryl methyl sites for hydroxylation is 2. The molecule has 0 aliphatic heterocycles. The SMILES string of the molecule is CCc1cccc(CC)c1NC(=O)C[NH+](C)Cc1cccc(OC)c1. The number of methoxy groups -OCH3 is 1. The first-order valence-electron chi connectivity index (χ1n) is 8.92. The molecule has 0 saturated carbocycles. The molecule has 0 saturated heterocycles. The van der Waals surface area contributed by atoms with Crippen LogP contribution >= 0.6 is 0 Å². The lowest BCUT2D eigenvalue weighted by molar-refractivity contribution is -0.885. The van der Waals surface area contributed by atoms with Crippen LogP contribution in [0.4, 0.5) is 5.69 Å². The van der Waals surface area contributed by atoms with Crippen molar-refractivity contribution in [1.82, 2.24) is 0 Å². The number of quaternary nitrogens is 1. The Morgan fingerprint density at radius 1 is 1.08 bits per heavy atom. The average molecular weight is 341 g/mol. The van der Waals surface area contributed by atoms with Crippen LogP contribution in [-0.4, -0.2) is 26.6 Å². The fourth-order valence-corrected chi connectivity index (χ4v) is 3.05. The number of hydrogen-bond donors (Lipinski definition) is 2. The van der Waals surface area contributed by atoms with E-state index in [1.54, 1.807) is 7.11 Å². The van der Waals surface area contributed by atoms with Crippen LogP contribution in [-0.2, 0) is 24.2 Å². The van der Waals surface area contributed by atoms with Crippen molar-refractivity contribution in [2.75, 3.05) is 26.0 Å². The molecule has 134 valence electrons. The van der Waals surface area contributed by atoms with Crippen molar-refractivity contribution in [2.24, 2.45) is 0 Å². The predicted molar refractivity (Wildman–Crippen MR) is 102 cm³/mol. The summed E-state index contributed by atoms with van der Waals surface area (Å²) in [4.78, 5) is 13.7. The van der Waals surface area contributed by atoms with E-state index in [1.165, 1.54) is 11.1 Å². The summed E-state index contributed by atoms with van der Waals surface area (Å²) >= 11 is 0. The number of amides is 1. The number of para-hydroxylation sites is 1. The Bertz CT molecular complexity index is 691. The molecule has 0 bridgehead atoms. The molecule has 0 aliphatic carbocycles. The van der Waals surface area contributed by atoms with E-state index in [0.29, 0.717) is 6.54 Å². The minimum absolute atomic E-state index is 0.0518. The van der Waals surface area contributed by atoms with Gasteiger partial charge in [0.1, 0.15) is 12.3 Å². The smallest absolute Gasteiger partial charge is 0.279 e. The number of ether oxygens (including phenoxy) is 1. The summed E-state index contributed by atoms with van der Waals surface area (Å²) < 4.78 is 5.26. The number of benzene rings is 2. The molecular weight excluding hydrogens is 312 g/mol. The highest BCUT2D eigenvalue weighted by molar-refractivity contribution is 5.93. The molecule has 0 heterocycles. The van der Waals surface area contributed by atoms with Crippen LogP contribution in [0.1, 0.15) is 30.5 Å². The predicted octanol–water partition coefficient (Wildman–Crippen LogP) is 2.47. The average Bonchev–Trinajstić information content (AvgIpc) is 2.61. The van der Waals surface area contributed by atoms with Gasteiger partial charge in [0, 0.05) is 11.3 Å². The second kappa shape index (κ2) is 9.23. The van der Waals surface area contributed by atoms with E-state index in [4.69, 9.17) is 4.74 Å². The summed E-state index contributed by atoms with van der Waals surface area (Å²) in [5.74, 6) is 0.898. The van der Waals surface area contributed by atoms with Crippen LogP contribution in [0.3, 0.4) is 0 Å². The van der Waals surface area contributed by atoms with Gasteiger partial charge < -0.3 is 15.0 Å². The molecule has 2 rings (SSSR count). The Labute approximate surface area is 150 Å². The van der Waals surface area contributed by atoms with Gasteiger partial charge in [-0.15, -0.1) is 0 Å². The molecule has 4 nitrogen and oxygen atoms in total. The van der Waals surface area contributed by atoms with Crippen molar-refractivity contribution >= 4 is 11.6 Å². The molecule has 2 aromatic rings. The van der Waals surface area contributed by atoms with Crippen molar-refractivity contribution < 1.29 is 14.4 Å². The van der Waals surface area contributed by atoms with E-state index in [-0.39, 0.29) is 5.91 Å². The fourth-order valence-electron chi connectivity index (χ4n) is 3.05. The number of carbonyl (C=O) groups excluding carboxylic acids is 1. The normalized spacial score (nSPS) is 11.8. The molecule has 1 unspecified atom stereocenters. The lowest BCUT2D eigenvalue weighted by atomic mass is 10.0. The number of carbonyl (C=O) groups is 1. The maximum absolute atomic E-state index is 12.5. The molecule has 2 aromatic carbocycles. The van der Waals surface area contributed by atoms with E-state index in [0.717, 1.165) is 41.3 Å². The molecule has 0 radical (unpaired) electrons. The van der Waals surface area contributed by atoms with Crippen LogP contribution in [0, 0.1) is 0 Å². The van der Waals surface area contributed by atoms with E-state index in [1.807, 2.05) is 25.2 Å². The Morgan fingerprint density at radius 2 is 1.72 bits per heavy atom. The van der Waals surface area contributed by atoms with Gasteiger partial charge in [0.05, 0.1) is 14.2 Å². The molecule has 25 heavy (non-hydrogen) atoms. The van der Waals surface area contributed by atoms with Gasteiger partial charge in [-0.3, -0.25) is 4.79 Å². The van der Waals surface area contributed by atoms with Gasteiger partial charge in [0.2, 0.25) is 0 Å². The zero-order valence-electron chi connectivity index (χ0n) is 15.7. The third kappa shape index (κ3) is 5.33. The highest BCUT2D eigenvalue weighted by Crippen LogP contribution is 2.22. The highest BCUT2D eigenvalue weighted by atomic mass is 16.5. The van der Waals surface area contributed by atoms with Gasteiger partial charge in [0.15, 0.2) is 6.54 Å². The van der Waals surface area contributed by atoms with Crippen molar-refractivity contribution in [3.05, 3.63) is 59.2 Å². The summed E-state index contributed by atoms with van der Waals surface area (Å²) in [5, 5.41) is 3.14. The quantitative estimate of drug-likeness (QED) is 0.775. The Hall–Kier alpha value is -2.33. The number of likely N-dealkylation sites (N-methyl/N-ethyl adjacent to an activating group) is 1. The van der Waals surface area contributed by atoms with E-state index in [2.05, 4.69) is 43.4 Å². The monoisotopic (exact) mass is 341 g/mol. The Morgan fingerprint density at radius 3 is 2.32 bits per heavy atom. The largest absolute Gasteiger partial charge is 0.497 e. The van der Waals surface area contributed by atoms with Gasteiger partial charge in [0.25, 0.3) is 5.91 Å². The second-order valence-corrected chi connectivity index (χ2v) is 6.37. The fraction of sp³-hybridized carbons (Fsp3) is 0.381. The van der Waals surface area contributed by atoms with Gasteiger partial charge in [-0.2, -0.15) is 0 Å². The lowest BCUT2D eigenvalue weighted by Gasteiger charge is -2.17. The standard InChI is InChI=1S/C21H28N2O2/c1-5-17-10-8-11-18(6-2)21(17)22-20(24)15-23(3)14-16-9-7-12-19(13-16)25-4/h7-13H,5-6,14-15H2,1-4H3,(H,22,24)/p+1. The van der Waals surface area contributed by atoms with E-state index < -0.39 is 0 Å². The maximum atomic E-state index is 12.5. The van der Waals surface area contributed by atoms with Crippen LogP contribution in [0.5, 0.6) is 5.75 Å². The third-order valence-electron chi connectivity index (χ3n) is 4.37. The van der Waals surface area contributed by atoms with E-state index in [9.17, 15) is 4.79 Å². The lowest BCUT2D eigenvalue weighted by Crippen LogP contribution is -3.08. The van der Waals surface area contributed by atoms with Crippen molar-refractivity contribution in [1.29, 1.82) is 0 Å². The number of anilines is 1. The molecule has 1 atom stereocenters. The minimum atomic E-state index is 0.0518. The van der Waals surface area contributed by atoms with Gasteiger partial charge in [-0.25, -0.2) is 0 Å². The molecule has 0 spiro atoms. The van der Waals surface area contributed by atoms with E-state index >= 15 is 0 Å². The van der Waals surface area contributed by atoms with Crippen LogP contribution in [0.25, 0.3) is 0 Å². The molecule has 0 aromatic heterocycles. The summed E-state index contributed by atoms with van der Waals surface area (Å²) in [6.45, 7) is 5.44. The topological polar surface area (TPSA) is 42.8 Å². The highest BCUT2D eigenvalue weighted by Gasteiger charge is 2.14. The minimum Gasteiger partial charge on any atom is -0.497 e. The van der Waals surface area contributed by atoms with Crippen molar-refractivity contribution in [3.63, 3.8) is 0 Å². The summed E-state index contributed by atoms with van der Waals surface area (Å²) in [6.07, 6.45) is 1.83. The molecule has 2 N–H and O–H groups in total. The molecule has 1 amide bonds. The Balaban J connectivity index is 2.00. The summed E-state index contributed by atoms with van der Waals surface area (Å²) in [5.41, 5.74) is 4.54. The van der Waals surface area contributed by atoms with Gasteiger partial charge in [-0.05, 0) is 36.1 Å². The molecule has 0 aliphatic rings. The van der Waals surface area contributed by atoms with Gasteiger partial charge >= 0.3 is 0 Å². The molecule has 0 fully saturated rings. The van der Waals surface area contributed by atoms with Crippen LogP contribution in [0.15, 0.2) is 42.5 Å². The first-order chi connectivity index (χ1) is 12.1. The zero-order chi connectivity index (χ0) is 18.2. The summed E-state index contributed by atoms with van der Waals surface area (Å²) in [7, 11) is 3.70. The number of hydrogen-bond acceptors (Lipinski definition) is 2. The van der Waals surface area contributed by atoms with Gasteiger partial charge in [-0.1, -0.05) is 44.2 Å². The summed E-state index contributed by atoms with van der Waals surface area (Å²) in [6, 6.07) is 14.2.